The van der Waals surface area contributed by atoms with Crippen molar-refractivity contribution in [1.82, 2.24) is 0 Å². The molecule has 0 N–H and O–H groups in total. The molecule has 0 fully saturated rings. The number of fused-ring (bicyclic) bond motifs is 1. The van der Waals surface area contributed by atoms with E-state index in [2.05, 4.69) is 0 Å². The molecule has 0 unspecified atom stereocenters. The maximum atomic E-state index is 12.0. The van der Waals surface area contributed by atoms with Crippen LogP contribution in [-0.2, 0) is 4.74 Å². The van der Waals surface area contributed by atoms with Gasteiger partial charge in [0.2, 0.25) is 0 Å². The van der Waals surface area contributed by atoms with E-state index >= 15 is 0 Å². The molecule has 0 aromatic heterocycles. The summed E-state index contributed by atoms with van der Waals surface area (Å²) in [5.41, 5.74) is 2.16. The zero-order valence-corrected chi connectivity index (χ0v) is 10.4. The molecule has 0 bridgehead atoms. The van der Waals surface area contributed by atoms with Crippen molar-refractivity contribution in [2.24, 2.45) is 0 Å². The minimum atomic E-state index is -0.461. The first kappa shape index (κ1) is 11.6. The van der Waals surface area contributed by atoms with Crippen molar-refractivity contribution in [3.05, 3.63) is 48.0 Å². The highest BCUT2D eigenvalue weighted by Gasteiger charge is 2.21. The SMILES string of the molecule is CC(C)(C)OC(=O)c1ccc2cccccc1-2. The van der Waals surface area contributed by atoms with E-state index in [0.29, 0.717) is 5.56 Å². The zero-order chi connectivity index (χ0) is 12.5. The Balaban J connectivity index is 2.36. The van der Waals surface area contributed by atoms with Gasteiger partial charge in [-0.25, -0.2) is 4.79 Å². The van der Waals surface area contributed by atoms with E-state index < -0.39 is 5.60 Å². The number of ether oxygens (including phenoxy) is 1. The van der Waals surface area contributed by atoms with Crippen LogP contribution in [0.15, 0.2) is 42.5 Å². The normalized spacial score (nSPS) is 11.5. The Morgan fingerprint density at radius 1 is 1.00 bits per heavy atom. The number of hydrogen-bond donors (Lipinski definition) is 0. The minimum absolute atomic E-state index is 0.265. The van der Waals surface area contributed by atoms with Crippen LogP contribution < -0.4 is 0 Å². The van der Waals surface area contributed by atoms with E-state index in [4.69, 9.17) is 4.74 Å². The van der Waals surface area contributed by atoms with Crippen molar-refractivity contribution in [3.8, 4) is 11.1 Å². The fourth-order valence-electron chi connectivity index (χ4n) is 1.73. The van der Waals surface area contributed by atoms with Crippen LogP contribution in [-0.4, -0.2) is 11.6 Å². The van der Waals surface area contributed by atoms with E-state index in [9.17, 15) is 4.79 Å². The first-order valence-corrected chi connectivity index (χ1v) is 5.68. The molecule has 0 amide bonds. The zero-order valence-electron chi connectivity index (χ0n) is 10.4. The maximum absolute atomic E-state index is 12.0. The van der Waals surface area contributed by atoms with Gasteiger partial charge in [0, 0.05) is 0 Å². The van der Waals surface area contributed by atoms with Gasteiger partial charge in [-0.2, -0.15) is 0 Å². The molecule has 88 valence electrons. The van der Waals surface area contributed by atoms with Gasteiger partial charge < -0.3 is 4.74 Å². The van der Waals surface area contributed by atoms with E-state index in [1.807, 2.05) is 63.2 Å². The van der Waals surface area contributed by atoms with Crippen molar-refractivity contribution in [3.63, 3.8) is 0 Å². The first-order chi connectivity index (χ1) is 7.97. The summed E-state index contributed by atoms with van der Waals surface area (Å²) in [6, 6.07) is 13.5. The summed E-state index contributed by atoms with van der Waals surface area (Å²) in [4.78, 5) is 12.0. The molecule has 2 aliphatic carbocycles. The first-order valence-electron chi connectivity index (χ1n) is 5.68. The highest BCUT2D eigenvalue weighted by molar-refractivity contribution is 5.99. The second-order valence-electron chi connectivity index (χ2n) is 5.03. The Hall–Kier alpha value is -1.83. The van der Waals surface area contributed by atoms with Gasteiger partial charge in [0.15, 0.2) is 0 Å². The van der Waals surface area contributed by atoms with Gasteiger partial charge in [0.05, 0.1) is 5.56 Å². The molecule has 2 rings (SSSR count). The molecule has 0 atom stereocenters. The molecular weight excluding hydrogens is 212 g/mol. The molecule has 2 aliphatic rings. The number of rotatable bonds is 1. The van der Waals surface area contributed by atoms with Crippen LogP contribution in [0.3, 0.4) is 0 Å². The predicted octanol–water partition coefficient (Wildman–Crippen LogP) is 3.75. The smallest absolute Gasteiger partial charge is 0.339 e. The second-order valence-corrected chi connectivity index (χ2v) is 5.03. The molecule has 0 heterocycles. The molecule has 0 saturated carbocycles. The Labute approximate surface area is 102 Å². The number of carbonyl (C=O) groups excluding carboxylic acids is 1. The van der Waals surface area contributed by atoms with Gasteiger partial charge in [-0.15, -0.1) is 0 Å². The van der Waals surface area contributed by atoms with Crippen molar-refractivity contribution in [1.29, 1.82) is 0 Å². The second kappa shape index (κ2) is 4.21. The van der Waals surface area contributed by atoms with E-state index in [0.717, 1.165) is 11.1 Å². The quantitative estimate of drug-likeness (QED) is 0.695. The predicted molar refractivity (Wildman–Crippen MR) is 68.2 cm³/mol. The third-order valence-corrected chi connectivity index (χ3v) is 2.41. The molecule has 0 saturated heterocycles. The summed E-state index contributed by atoms with van der Waals surface area (Å²) in [5, 5.41) is 0. The molecular formula is C15H16O2. The van der Waals surface area contributed by atoms with Gasteiger partial charge in [-0.1, -0.05) is 36.4 Å². The van der Waals surface area contributed by atoms with Crippen LogP contribution in [0.2, 0.25) is 0 Å². The lowest BCUT2D eigenvalue weighted by molar-refractivity contribution is 0.00709. The largest absolute Gasteiger partial charge is 0.456 e. The fraction of sp³-hybridized carbons (Fsp3) is 0.267. The lowest BCUT2D eigenvalue weighted by Crippen LogP contribution is -2.23. The average molecular weight is 228 g/mol. The van der Waals surface area contributed by atoms with Crippen molar-refractivity contribution in [2.75, 3.05) is 0 Å². The Bertz CT molecular complexity index is 509. The maximum Gasteiger partial charge on any atom is 0.339 e. The van der Waals surface area contributed by atoms with Gasteiger partial charge in [-0.3, -0.25) is 0 Å². The van der Waals surface area contributed by atoms with Gasteiger partial charge in [0.1, 0.15) is 5.60 Å². The molecule has 2 nitrogen and oxygen atoms in total. The van der Waals surface area contributed by atoms with Crippen LogP contribution in [0, 0.1) is 0 Å². The molecule has 17 heavy (non-hydrogen) atoms. The molecule has 0 aliphatic heterocycles. The average Bonchev–Trinajstić information content (AvgIpc) is 2.46. The highest BCUT2D eigenvalue weighted by Crippen LogP contribution is 2.28. The van der Waals surface area contributed by atoms with Crippen LogP contribution >= 0.6 is 0 Å². The number of hydrogen-bond acceptors (Lipinski definition) is 2. The van der Waals surface area contributed by atoms with E-state index in [1.54, 1.807) is 0 Å². The summed E-state index contributed by atoms with van der Waals surface area (Å²) < 4.78 is 5.38. The summed E-state index contributed by atoms with van der Waals surface area (Å²) in [6.07, 6.45) is 0. The van der Waals surface area contributed by atoms with Gasteiger partial charge in [-0.05, 0) is 38.0 Å². The topological polar surface area (TPSA) is 26.3 Å². The summed E-state index contributed by atoms with van der Waals surface area (Å²) in [6.45, 7) is 5.61. The third-order valence-electron chi connectivity index (χ3n) is 2.41. The Kier molecular flexibility index (Phi) is 2.88. The summed E-state index contributed by atoms with van der Waals surface area (Å²) in [5.74, 6) is -0.265. The molecule has 0 radical (unpaired) electrons. The minimum Gasteiger partial charge on any atom is -0.456 e. The van der Waals surface area contributed by atoms with Crippen LogP contribution in [0.25, 0.3) is 11.1 Å². The van der Waals surface area contributed by atoms with E-state index in [-0.39, 0.29) is 5.97 Å². The summed E-state index contributed by atoms with van der Waals surface area (Å²) in [7, 11) is 0. The standard InChI is InChI=1S/C15H16O2/c1-15(2,3)17-14(16)13-10-9-11-7-5-4-6-8-12(11)13/h4-10H,1-3H3. The van der Waals surface area contributed by atoms with Crippen molar-refractivity contribution in [2.45, 2.75) is 26.4 Å². The molecule has 2 heteroatoms. The van der Waals surface area contributed by atoms with E-state index in [1.165, 1.54) is 0 Å². The molecule has 0 spiro atoms. The fourth-order valence-corrected chi connectivity index (χ4v) is 1.73. The third kappa shape index (κ3) is 2.64. The van der Waals surface area contributed by atoms with Crippen LogP contribution in [0.4, 0.5) is 0 Å². The Morgan fingerprint density at radius 3 is 2.41 bits per heavy atom. The van der Waals surface area contributed by atoms with Gasteiger partial charge >= 0.3 is 5.97 Å². The molecule has 0 aromatic carbocycles. The lowest BCUT2D eigenvalue weighted by atomic mass is 10.1. The highest BCUT2D eigenvalue weighted by atomic mass is 16.6. The van der Waals surface area contributed by atoms with Crippen LogP contribution in [0.1, 0.15) is 31.1 Å². The van der Waals surface area contributed by atoms with Crippen molar-refractivity contribution >= 4 is 5.97 Å². The Morgan fingerprint density at radius 2 is 1.71 bits per heavy atom. The lowest BCUT2D eigenvalue weighted by Gasteiger charge is -2.19. The number of carbonyl (C=O) groups is 1. The van der Waals surface area contributed by atoms with Crippen molar-refractivity contribution < 1.29 is 9.53 Å². The van der Waals surface area contributed by atoms with Gasteiger partial charge in [0.25, 0.3) is 0 Å². The monoisotopic (exact) mass is 228 g/mol. The number of esters is 1. The summed E-state index contributed by atoms with van der Waals surface area (Å²) >= 11 is 0. The van der Waals surface area contributed by atoms with Crippen LogP contribution in [0.5, 0.6) is 0 Å². The molecule has 0 aromatic rings.